The first kappa shape index (κ1) is 14.5. The molecule has 100 valence electrons. The van der Waals surface area contributed by atoms with E-state index in [1.165, 1.54) is 25.8 Å². The summed E-state index contributed by atoms with van der Waals surface area (Å²) in [6.07, 6.45) is 1.03. The third kappa shape index (κ3) is 3.57. The number of benzene rings is 2. The molecular weight excluding hydrogens is 345 g/mol. The second-order valence-electron chi connectivity index (χ2n) is 4.96. The van der Waals surface area contributed by atoms with Crippen LogP contribution in [0.2, 0.25) is 0 Å². The average molecular weight is 365 g/mol. The molecule has 0 heterocycles. The Morgan fingerprint density at radius 2 is 1.74 bits per heavy atom. The summed E-state index contributed by atoms with van der Waals surface area (Å²) in [5.41, 5.74) is 5.54. The Hall–Kier alpha value is -0.870. The van der Waals surface area contributed by atoms with Crippen LogP contribution in [0.15, 0.2) is 42.5 Å². The van der Waals surface area contributed by atoms with Crippen LogP contribution in [0.5, 0.6) is 0 Å². The summed E-state index contributed by atoms with van der Waals surface area (Å²) >= 11 is 2.35. The van der Waals surface area contributed by atoms with E-state index < -0.39 is 0 Å². The van der Waals surface area contributed by atoms with Crippen LogP contribution in [0.1, 0.15) is 28.3 Å². The van der Waals surface area contributed by atoms with Gasteiger partial charge in [0.05, 0.1) is 0 Å². The molecular formula is C17H20IN. The van der Waals surface area contributed by atoms with Gasteiger partial charge in [-0.05, 0) is 84.3 Å². The molecule has 19 heavy (non-hydrogen) atoms. The minimum Gasteiger partial charge on any atom is -0.313 e. The zero-order valence-electron chi connectivity index (χ0n) is 11.7. The van der Waals surface area contributed by atoms with Crippen molar-refractivity contribution in [3.8, 4) is 0 Å². The maximum absolute atomic E-state index is 3.45. The Morgan fingerprint density at radius 1 is 1.05 bits per heavy atom. The maximum atomic E-state index is 3.45. The number of hydrogen-bond donors (Lipinski definition) is 1. The minimum absolute atomic E-state index is 0.375. The molecule has 2 aromatic carbocycles. The standard InChI is InChI=1S/C17H20IN/c1-12-5-4-6-16(13(12)2)17(19-3)11-14-7-9-15(18)10-8-14/h4-10,17,19H,11H2,1-3H3. The van der Waals surface area contributed by atoms with Crippen molar-refractivity contribution in [2.45, 2.75) is 26.3 Å². The smallest absolute Gasteiger partial charge is 0.0361 e. The third-order valence-electron chi connectivity index (χ3n) is 3.72. The second-order valence-corrected chi connectivity index (χ2v) is 6.21. The third-order valence-corrected chi connectivity index (χ3v) is 4.44. The largest absolute Gasteiger partial charge is 0.313 e. The maximum Gasteiger partial charge on any atom is 0.0361 e. The van der Waals surface area contributed by atoms with Gasteiger partial charge in [0.2, 0.25) is 0 Å². The van der Waals surface area contributed by atoms with Crippen molar-refractivity contribution in [1.29, 1.82) is 0 Å². The predicted molar refractivity (Wildman–Crippen MR) is 90.6 cm³/mol. The van der Waals surface area contributed by atoms with Crippen molar-refractivity contribution in [1.82, 2.24) is 5.32 Å². The first-order valence-corrected chi connectivity index (χ1v) is 7.67. The van der Waals surface area contributed by atoms with Gasteiger partial charge in [-0.2, -0.15) is 0 Å². The van der Waals surface area contributed by atoms with Gasteiger partial charge in [-0.1, -0.05) is 30.3 Å². The molecule has 0 amide bonds. The molecule has 2 heteroatoms. The summed E-state index contributed by atoms with van der Waals surface area (Å²) in [6.45, 7) is 4.39. The minimum atomic E-state index is 0.375. The normalized spacial score (nSPS) is 12.4. The van der Waals surface area contributed by atoms with Crippen molar-refractivity contribution in [3.05, 3.63) is 68.3 Å². The summed E-state index contributed by atoms with van der Waals surface area (Å²) in [4.78, 5) is 0. The van der Waals surface area contributed by atoms with E-state index in [2.05, 4.69) is 84.2 Å². The lowest BCUT2D eigenvalue weighted by Gasteiger charge is -2.20. The predicted octanol–water partition coefficient (Wildman–Crippen LogP) is 4.41. The highest BCUT2D eigenvalue weighted by Crippen LogP contribution is 2.23. The molecule has 2 aromatic rings. The van der Waals surface area contributed by atoms with E-state index in [0.29, 0.717) is 6.04 Å². The van der Waals surface area contributed by atoms with Crippen molar-refractivity contribution >= 4 is 22.6 Å². The molecule has 0 aliphatic carbocycles. The van der Waals surface area contributed by atoms with Crippen molar-refractivity contribution < 1.29 is 0 Å². The lowest BCUT2D eigenvalue weighted by molar-refractivity contribution is 0.588. The molecule has 1 atom stereocenters. The Balaban J connectivity index is 2.25. The van der Waals surface area contributed by atoms with Crippen molar-refractivity contribution in [2.24, 2.45) is 0 Å². The highest BCUT2D eigenvalue weighted by molar-refractivity contribution is 14.1. The molecule has 0 spiro atoms. The number of rotatable bonds is 4. The molecule has 1 nitrogen and oxygen atoms in total. The lowest BCUT2D eigenvalue weighted by atomic mass is 9.93. The van der Waals surface area contributed by atoms with Crippen LogP contribution < -0.4 is 5.32 Å². The highest BCUT2D eigenvalue weighted by Gasteiger charge is 2.13. The SMILES string of the molecule is CNC(Cc1ccc(I)cc1)c1cccc(C)c1C. The van der Waals surface area contributed by atoms with Gasteiger partial charge >= 0.3 is 0 Å². The molecule has 1 unspecified atom stereocenters. The number of nitrogens with one attached hydrogen (secondary N) is 1. The molecule has 0 radical (unpaired) electrons. The fraction of sp³-hybridized carbons (Fsp3) is 0.294. The number of hydrogen-bond acceptors (Lipinski definition) is 1. The number of aryl methyl sites for hydroxylation is 1. The van der Waals surface area contributed by atoms with Crippen molar-refractivity contribution in [2.75, 3.05) is 7.05 Å². The molecule has 0 aliphatic heterocycles. The van der Waals surface area contributed by atoms with Gasteiger partial charge in [0.1, 0.15) is 0 Å². The van der Waals surface area contributed by atoms with Crippen LogP contribution in [0.25, 0.3) is 0 Å². The first-order valence-electron chi connectivity index (χ1n) is 6.59. The van der Waals surface area contributed by atoms with Crippen LogP contribution in [0.4, 0.5) is 0 Å². The molecule has 0 bridgehead atoms. The van der Waals surface area contributed by atoms with Gasteiger partial charge < -0.3 is 5.32 Å². The van der Waals surface area contributed by atoms with Crippen LogP contribution in [-0.4, -0.2) is 7.05 Å². The molecule has 0 aliphatic rings. The topological polar surface area (TPSA) is 12.0 Å². The van der Waals surface area contributed by atoms with Gasteiger partial charge in [-0.25, -0.2) is 0 Å². The quantitative estimate of drug-likeness (QED) is 0.792. The van der Waals surface area contributed by atoms with Crippen LogP contribution >= 0.6 is 22.6 Å². The number of halogens is 1. The van der Waals surface area contributed by atoms with E-state index in [0.717, 1.165) is 6.42 Å². The van der Waals surface area contributed by atoms with Gasteiger partial charge in [0.25, 0.3) is 0 Å². The van der Waals surface area contributed by atoms with Gasteiger partial charge in [-0.15, -0.1) is 0 Å². The monoisotopic (exact) mass is 365 g/mol. The Morgan fingerprint density at radius 3 is 2.37 bits per heavy atom. The highest BCUT2D eigenvalue weighted by atomic mass is 127. The molecule has 2 rings (SSSR count). The van der Waals surface area contributed by atoms with Crippen molar-refractivity contribution in [3.63, 3.8) is 0 Å². The summed E-state index contributed by atoms with van der Waals surface area (Å²) in [5, 5.41) is 3.45. The second kappa shape index (κ2) is 6.53. The van der Waals surface area contributed by atoms with E-state index in [4.69, 9.17) is 0 Å². The van der Waals surface area contributed by atoms with Crippen LogP contribution in [-0.2, 0) is 6.42 Å². The molecule has 0 saturated heterocycles. The summed E-state index contributed by atoms with van der Waals surface area (Å²) in [6, 6.07) is 15.7. The summed E-state index contributed by atoms with van der Waals surface area (Å²) < 4.78 is 1.29. The van der Waals surface area contributed by atoms with E-state index in [1.807, 2.05) is 7.05 Å². The van der Waals surface area contributed by atoms with Crippen LogP contribution in [0.3, 0.4) is 0 Å². The van der Waals surface area contributed by atoms with E-state index >= 15 is 0 Å². The van der Waals surface area contributed by atoms with E-state index in [9.17, 15) is 0 Å². The molecule has 0 saturated carbocycles. The molecule has 0 fully saturated rings. The lowest BCUT2D eigenvalue weighted by Crippen LogP contribution is -2.20. The Labute approximate surface area is 129 Å². The first-order chi connectivity index (χ1) is 9.11. The zero-order valence-corrected chi connectivity index (χ0v) is 13.9. The Bertz CT molecular complexity index is 546. The fourth-order valence-electron chi connectivity index (χ4n) is 2.38. The molecule has 1 N–H and O–H groups in total. The fourth-order valence-corrected chi connectivity index (χ4v) is 2.73. The average Bonchev–Trinajstić information content (AvgIpc) is 2.42. The van der Waals surface area contributed by atoms with Gasteiger partial charge in [0, 0.05) is 9.61 Å². The van der Waals surface area contributed by atoms with E-state index in [-0.39, 0.29) is 0 Å². The summed E-state index contributed by atoms with van der Waals surface area (Å²) in [5.74, 6) is 0. The Kier molecular flexibility index (Phi) is 4.99. The van der Waals surface area contributed by atoms with E-state index in [1.54, 1.807) is 0 Å². The summed E-state index contributed by atoms with van der Waals surface area (Å²) in [7, 11) is 2.04. The van der Waals surface area contributed by atoms with Gasteiger partial charge in [0.15, 0.2) is 0 Å². The number of likely N-dealkylation sites (N-methyl/N-ethyl adjacent to an activating group) is 1. The molecule has 0 aromatic heterocycles. The zero-order chi connectivity index (χ0) is 13.8. The van der Waals surface area contributed by atoms with Crippen LogP contribution in [0, 0.1) is 17.4 Å². The van der Waals surface area contributed by atoms with Gasteiger partial charge in [-0.3, -0.25) is 0 Å².